The van der Waals surface area contributed by atoms with Gasteiger partial charge >= 0.3 is 0 Å². The lowest BCUT2D eigenvalue weighted by Crippen LogP contribution is -2.44. The van der Waals surface area contributed by atoms with E-state index in [1.807, 2.05) is 37.3 Å². The molecule has 6 heteroatoms. The number of rotatable bonds is 5. The maximum absolute atomic E-state index is 13.1. The number of para-hydroxylation sites is 2. The van der Waals surface area contributed by atoms with Gasteiger partial charge in [0.15, 0.2) is 11.5 Å². The Hall–Kier alpha value is -3.93. The van der Waals surface area contributed by atoms with Gasteiger partial charge in [-0.05, 0) is 48.4 Å². The van der Waals surface area contributed by atoms with E-state index in [4.69, 9.17) is 4.74 Å². The van der Waals surface area contributed by atoms with Crippen molar-refractivity contribution in [2.24, 2.45) is 0 Å². The van der Waals surface area contributed by atoms with Crippen LogP contribution in [0.1, 0.15) is 16.7 Å². The lowest BCUT2D eigenvalue weighted by Gasteiger charge is -2.30. The Balaban J connectivity index is 1.54. The molecule has 4 rings (SSSR count). The SMILES string of the molecule is Cc1cccc(/C=C2/Oc3ccccc3N(CC(=O)NCc3ccc(F)cc3)C2=O)c1. The molecule has 1 N–H and O–H groups in total. The molecule has 31 heavy (non-hydrogen) atoms. The van der Waals surface area contributed by atoms with Crippen LogP contribution in [0.3, 0.4) is 0 Å². The maximum atomic E-state index is 13.1. The summed E-state index contributed by atoms with van der Waals surface area (Å²) in [6.45, 7) is 2.05. The van der Waals surface area contributed by atoms with Crippen molar-refractivity contribution in [1.29, 1.82) is 0 Å². The molecule has 3 aromatic carbocycles. The van der Waals surface area contributed by atoms with Gasteiger partial charge < -0.3 is 10.1 Å². The van der Waals surface area contributed by atoms with Crippen LogP contribution in [-0.2, 0) is 16.1 Å². The molecule has 0 bridgehead atoms. The van der Waals surface area contributed by atoms with Gasteiger partial charge in [-0.25, -0.2) is 4.39 Å². The second-order valence-corrected chi connectivity index (χ2v) is 7.29. The van der Waals surface area contributed by atoms with E-state index in [2.05, 4.69) is 5.32 Å². The number of nitrogens with one attached hydrogen (secondary N) is 1. The van der Waals surface area contributed by atoms with Gasteiger partial charge in [0, 0.05) is 6.54 Å². The minimum Gasteiger partial charge on any atom is -0.449 e. The molecule has 3 aromatic rings. The zero-order valence-electron chi connectivity index (χ0n) is 17.0. The third-order valence-corrected chi connectivity index (χ3v) is 4.88. The van der Waals surface area contributed by atoms with Gasteiger partial charge in [0.1, 0.15) is 12.4 Å². The zero-order chi connectivity index (χ0) is 21.8. The summed E-state index contributed by atoms with van der Waals surface area (Å²) in [5.74, 6) is -0.400. The predicted octanol–water partition coefficient (Wildman–Crippen LogP) is 4.22. The largest absolute Gasteiger partial charge is 0.449 e. The van der Waals surface area contributed by atoms with Crippen molar-refractivity contribution in [2.75, 3.05) is 11.4 Å². The van der Waals surface area contributed by atoms with E-state index in [0.29, 0.717) is 11.4 Å². The Labute approximate surface area is 179 Å². The fourth-order valence-corrected chi connectivity index (χ4v) is 3.33. The highest BCUT2D eigenvalue weighted by Gasteiger charge is 2.31. The quantitative estimate of drug-likeness (QED) is 0.634. The van der Waals surface area contributed by atoms with Gasteiger partial charge in [-0.3, -0.25) is 14.5 Å². The minimum absolute atomic E-state index is 0.149. The monoisotopic (exact) mass is 416 g/mol. The Morgan fingerprint density at radius 3 is 2.61 bits per heavy atom. The summed E-state index contributed by atoms with van der Waals surface area (Å²) in [5, 5.41) is 2.77. The molecule has 0 saturated carbocycles. The average Bonchev–Trinajstić information content (AvgIpc) is 2.76. The van der Waals surface area contributed by atoms with Gasteiger partial charge in [0.25, 0.3) is 5.91 Å². The molecule has 0 aliphatic carbocycles. The number of carbonyl (C=O) groups excluding carboxylic acids is 2. The number of benzene rings is 3. The van der Waals surface area contributed by atoms with Crippen LogP contribution in [0, 0.1) is 12.7 Å². The second kappa shape index (κ2) is 8.83. The lowest BCUT2D eigenvalue weighted by molar-refractivity contribution is -0.123. The van der Waals surface area contributed by atoms with Crippen molar-refractivity contribution < 1.29 is 18.7 Å². The first-order valence-corrected chi connectivity index (χ1v) is 9.88. The number of hydrogen-bond acceptors (Lipinski definition) is 3. The van der Waals surface area contributed by atoms with E-state index in [0.717, 1.165) is 16.7 Å². The van der Waals surface area contributed by atoms with E-state index in [9.17, 15) is 14.0 Å². The van der Waals surface area contributed by atoms with Crippen LogP contribution < -0.4 is 15.0 Å². The lowest BCUT2D eigenvalue weighted by atomic mass is 10.1. The third kappa shape index (κ3) is 4.80. The highest BCUT2D eigenvalue weighted by Crippen LogP contribution is 2.35. The van der Waals surface area contributed by atoms with E-state index in [1.165, 1.54) is 17.0 Å². The molecule has 0 fully saturated rings. The van der Waals surface area contributed by atoms with E-state index < -0.39 is 5.91 Å². The zero-order valence-corrected chi connectivity index (χ0v) is 17.0. The molecule has 0 radical (unpaired) electrons. The molecule has 5 nitrogen and oxygen atoms in total. The van der Waals surface area contributed by atoms with Crippen LogP contribution in [-0.4, -0.2) is 18.4 Å². The van der Waals surface area contributed by atoms with Gasteiger partial charge in [-0.2, -0.15) is 0 Å². The third-order valence-electron chi connectivity index (χ3n) is 4.88. The number of fused-ring (bicyclic) bond motifs is 1. The summed E-state index contributed by atoms with van der Waals surface area (Å²) in [7, 11) is 0. The molecule has 0 saturated heterocycles. The first-order valence-electron chi connectivity index (χ1n) is 9.88. The first-order chi connectivity index (χ1) is 15.0. The number of nitrogens with zero attached hydrogens (tertiary/aromatic N) is 1. The van der Waals surface area contributed by atoms with E-state index in [1.54, 1.807) is 36.4 Å². The molecular formula is C25H21FN2O3. The van der Waals surface area contributed by atoms with Crippen molar-refractivity contribution in [3.8, 4) is 5.75 Å². The molecule has 1 heterocycles. The molecule has 1 aliphatic rings. The van der Waals surface area contributed by atoms with Crippen LogP contribution in [0.25, 0.3) is 6.08 Å². The van der Waals surface area contributed by atoms with Crippen LogP contribution >= 0.6 is 0 Å². The molecular weight excluding hydrogens is 395 g/mol. The number of ether oxygens (including phenoxy) is 1. The van der Waals surface area contributed by atoms with E-state index in [-0.39, 0.29) is 30.6 Å². The number of carbonyl (C=O) groups is 2. The van der Waals surface area contributed by atoms with Crippen molar-refractivity contribution in [3.05, 3.63) is 101 Å². The molecule has 1 aliphatic heterocycles. The average molecular weight is 416 g/mol. The molecule has 156 valence electrons. The smallest absolute Gasteiger partial charge is 0.294 e. The highest BCUT2D eigenvalue weighted by atomic mass is 19.1. The maximum Gasteiger partial charge on any atom is 0.294 e. The van der Waals surface area contributed by atoms with Crippen molar-refractivity contribution in [2.45, 2.75) is 13.5 Å². The summed E-state index contributed by atoms with van der Waals surface area (Å²) in [5.41, 5.74) is 3.20. The van der Waals surface area contributed by atoms with E-state index >= 15 is 0 Å². The van der Waals surface area contributed by atoms with Crippen molar-refractivity contribution in [3.63, 3.8) is 0 Å². The van der Waals surface area contributed by atoms with Gasteiger partial charge in [-0.15, -0.1) is 0 Å². The normalized spacial score (nSPS) is 14.2. The van der Waals surface area contributed by atoms with Crippen LogP contribution in [0.2, 0.25) is 0 Å². The highest BCUT2D eigenvalue weighted by molar-refractivity contribution is 6.12. The standard InChI is InChI=1S/C25H21FN2O3/c1-17-5-4-6-19(13-17)14-23-25(30)28(21-7-2-3-8-22(21)31-23)16-24(29)27-15-18-9-11-20(26)12-10-18/h2-14H,15-16H2,1H3,(H,27,29)/b23-14+. The number of amides is 2. The summed E-state index contributed by atoms with van der Waals surface area (Å²) < 4.78 is 18.9. The number of anilines is 1. The number of hydrogen-bond donors (Lipinski definition) is 1. The molecule has 0 aromatic heterocycles. The predicted molar refractivity (Wildman–Crippen MR) is 117 cm³/mol. The Kier molecular flexibility index (Phi) is 5.80. The Morgan fingerprint density at radius 2 is 1.84 bits per heavy atom. The Bertz CT molecular complexity index is 1160. The fourth-order valence-electron chi connectivity index (χ4n) is 3.33. The minimum atomic E-state index is -0.392. The summed E-state index contributed by atoms with van der Waals surface area (Å²) in [6, 6.07) is 20.7. The van der Waals surface area contributed by atoms with Gasteiger partial charge in [-0.1, -0.05) is 54.1 Å². The summed E-state index contributed by atoms with van der Waals surface area (Å²) in [6.07, 6.45) is 1.68. The number of aryl methyl sites for hydroxylation is 1. The van der Waals surface area contributed by atoms with Crippen LogP contribution in [0.5, 0.6) is 5.75 Å². The van der Waals surface area contributed by atoms with Crippen LogP contribution in [0.15, 0.2) is 78.6 Å². The second-order valence-electron chi connectivity index (χ2n) is 7.29. The van der Waals surface area contributed by atoms with Crippen molar-refractivity contribution >= 4 is 23.6 Å². The molecule has 2 amide bonds. The van der Waals surface area contributed by atoms with Gasteiger partial charge in [0.05, 0.1) is 5.69 Å². The molecule has 0 atom stereocenters. The Morgan fingerprint density at radius 1 is 1.06 bits per heavy atom. The molecule has 0 spiro atoms. The topological polar surface area (TPSA) is 58.6 Å². The van der Waals surface area contributed by atoms with Crippen molar-refractivity contribution in [1.82, 2.24) is 5.32 Å². The molecule has 0 unspecified atom stereocenters. The fraction of sp³-hybridized carbons (Fsp3) is 0.120. The number of halogens is 1. The summed E-state index contributed by atoms with van der Waals surface area (Å²) >= 11 is 0. The van der Waals surface area contributed by atoms with Gasteiger partial charge in [0.2, 0.25) is 5.91 Å². The van der Waals surface area contributed by atoms with Crippen LogP contribution in [0.4, 0.5) is 10.1 Å². The summed E-state index contributed by atoms with van der Waals surface area (Å²) in [4.78, 5) is 27.1. The first kappa shape index (κ1) is 20.3.